The predicted octanol–water partition coefficient (Wildman–Crippen LogP) is 5.14. The number of imidazole rings is 1. The first-order valence-corrected chi connectivity index (χ1v) is 9.04. The standard InChI is InChI=1S/C20H20F4N4O2/c1-11-5-7-14-17(25-11)28(18(26-14)27-16(29)10-19(2,3)4)15-8-6-12(9-13(15)21)30-20(22,23)24/h5-9H,10H2,1-4H3,(H,26,27,29). The van der Waals surface area contributed by atoms with E-state index in [-0.39, 0.29) is 35.0 Å². The molecule has 0 aliphatic rings. The summed E-state index contributed by atoms with van der Waals surface area (Å²) in [6.07, 6.45) is -4.76. The van der Waals surface area contributed by atoms with Crippen molar-refractivity contribution >= 4 is 23.0 Å². The molecule has 0 saturated carbocycles. The van der Waals surface area contributed by atoms with Gasteiger partial charge < -0.3 is 4.74 Å². The Morgan fingerprint density at radius 1 is 1.13 bits per heavy atom. The van der Waals surface area contributed by atoms with Gasteiger partial charge in [-0.25, -0.2) is 14.4 Å². The lowest BCUT2D eigenvalue weighted by Crippen LogP contribution is -2.21. The van der Waals surface area contributed by atoms with Crippen LogP contribution < -0.4 is 10.1 Å². The summed E-state index contributed by atoms with van der Waals surface area (Å²) in [6.45, 7) is 7.39. The molecule has 0 fully saturated rings. The Labute approximate surface area is 169 Å². The third-order valence-electron chi connectivity index (χ3n) is 3.98. The highest BCUT2D eigenvalue weighted by Gasteiger charge is 2.31. The van der Waals surface area contributed by atoms with Crippen LogP contribution in [0.25, 0.3) is 16.9 Å². The van der Waals surface area contributed by atoms with E-state index in [4.69, 9.17) is 0 Å². The number of ether oxygens (including phenoxy) is 1. The number of alkyl halides is 3. The van der Waals surface area contributed by atoms with E-state index in [9.17, 15) is 22.4 Å². The highest BCUT2D eigenvalue weighted by atomic mass is 19.4. The number of aryl methyl sites for hydroxylation is 1. The highest BCUT2D eigenvalue weighted by Crippen LogP contribution is 2.30. The molecular weight excluding hydrogens is 404 g/mol. The number of nitrogens with zero attached hydrogens (tertiary/aromatic N) is 3. The SMILES string of the molecule is Cc1ccc2nc(NC(=O)CC(C)(C)C)n(-c3ccc(OC(F)(F)F)cc3F)c2n1. The van der Waals surface area contributed by atoms with Crippen molar-refractivity contribution in [3.63, 3.8) is 0 Å². The van der Waals surface area contributed by atoms with Gasteiger partial charge in [-0.3, -0.25) is 14.7 Å². The van der Waals surface area contributed by atoms with Crippen molar-refractivity contribution in [2.24, 2.45) is 5.41 Å². The fraction of sp³-hybridized carbons (Fsp3) is 0.350. The third-order valence-corrected chi connectivity index (χ3v) is 3.98. The molecule has 1 aromatic carbocycles. The number of carbonyl (C=O) groups is 1. The van der Waals surface area contributed by atoms with E-state index in [2.05, 4.69) is 20.0 Å². The van der Waals surface area contributed by atoms with Crippen molar-refractivity contribution in [1.29, 1.82) is 0 Å². The average Bonchev–Trinajstić information content (AvgIpc) is 2.88. The van der Waals surface area contributed by atoms with Gasteiger partial charge in [0.1, 0.15) is 11.3 Å². The molecule has 2 aromatic heterocycles. The number of carbonyl (C=O) groups excluding carboxylic acids is 1. The van der Waals surface area contributed by atoms with Gasteiger partial charge >= 0.3 is 6.36 Å². The Hall–Kier alpha value is -3.17. The zero-order valence-electron chi connectivity index (χ0n) is 16.8. The quantitative estimate of drug-likeness (QED) is 0.589. The van der Waals surface area contributed by atoms with Crippen LogP contribution in [0.1, 0.15) is 32.9 Å². The second-order valence-electron chi connectivity index (χ2n) is 8.01. The summed E-state index contributed by atoms with van der Waals surface area (Å²) < 4.78 is 57.1. The summed E-state index contributed by atoms with van der Waals surface area (Å²) >= 11 is 0. The van der Waals surface area contributed by atoms with Crippen molar-refractivity contribution in [3.05, 3.63) is 41.8 Å². The van der Waals surface area contributed by atoms with Crippen LogP contribution in [-0.4, -0.2) is 26.8 Å². The van der Waals surface area contributed by atoms with Crippen LogP contribution in [0.5, 0.6) is 5.75 Å². The Bertz CT molecular complexity index is 1100. The summed E-state index contributed by atoms with van der Waals surface area (Å²) in [7, 11) is 0. The van der Waals surface area contributed by atoms with E-state index in [1.807, 2.05) is 20.8 Å². The molecule has 10 heteroatoms. The Morgan fingerprint density at radius 3 is 2.43 bits per heavy atom. The molecule has 3 aromatic rings. The number of anilines is 1. The second kappa shape index (κ2) is 7.58. The summed E-state index contributed by atoms with van der Waals surface area (Å²) in [5.74, 6) is -2.02. The van der Waals surface area contributed by atoms with Crippen molar-refractivity contribution in [2.45, 2.75) is 40.5 Å². The minimum absolute atomic E-state index is 0.0146. The number of halogens is 4. The zero-order chi connectivity index (χ0) is 22.3. The molecule has 0 aliphatic heterocycles. The van der Waals surface area contributed by atoms with Crippen molar-refractivity contribution in [3.8, 4) is 11.4 Å². The van der Waals surface area contributed by atoms with E-state index in [1.165, 1.54) is 4.57 Å². The van der Waals surface area contributed by atoms with E-state index in [0.29, 0.717) is 17.3 Å². The van der Waals surface area contributed by atoms with Crippen molar-refractivity contribution in [1.82, 2.24) is 14.5 Å². The fourth-order valence-corrected chi connectivity index (χ4v) is 2.88. The normalized spacial score (nSPS) is 12.3. The largest absolute Gasteiger partial charge is 0.573 e. The summed E-state index contributed by atoms with van der Waals surface area (Å²) in [4.78, 5) is 21.1. The summed E-state index contributed by atoms with van der Waals surface area (Å²) in [5, 5.41) is 2.65. The van der Waals surface area contributed by atoms with Crippen molar-refractivity contribution in [2.75, 3.05) is 5.32 Å². The van der Waals surface area contributed by atoms with Gasteiger partial charge in [0.2, 0.25) is 11.9 Å². The molecule has 1 N–H and O–H groups in total. The van der Waals surface area contributed by atoms with Crippen LogP contribution in [0.3, 0.4) is 0 Å². The number of amides is 1. The second-order valence-corrected chi connectivity index (χ2v) is 8.01. The van der Waals surface area contributed by atoms with Gasteiger partial charge in [0.25, 0.3) is 0 Å². The monoisotopic (exact) mass is 424 g/mol. The number of benzene rings is 1. The number of hydrogen-bond acceptors (Lipinski definition) is 4. The van der Waals surface area contributed by atoms with E-state index in [1.54, 1.807) is 19.1 Å². The lowest BCUT2D eigenvalue weighted by atomic mass is 9.92. The number of rotatable bonds is 4. The molecule has 30 heavy (non-hydrogen) atoms. The number of fused-ring (bicyclic) bond motifs is 1. The Kier molecular flexibility index (Phi) is 5.44. The molecule has 2 heterocycles. The van der Waals surface area contributed by atoms with E-state index < -0.39 is 17.9 Å². The van der Waals surface area contributed by atoms with E-state index >= 15 is 0 Å². The first kappa shape index (κ1) is 21.5. The fourth-order valence-electron chi connectivity index (χ4n) is 2.88. The van der Waals surface area contributed by atoms with Gasteiger partial charge in [-0.1, -0.05) is 20.8 Å². The minimum atomic E-state index is -4.94. The predicted molar refractivity (Wildman–Crippen MR) is 103 cm³/mol. The number of hydrogen-bond donors (Lipinski definition) is 1. The molecule has 0 aliphatic carbocycles. The zero-order valence-corrected chi connectivity index (χ0v) is 16.8. The van der Waals surface area contributed by atoms with Crippen LogP contribution in [0, 0.1) is 18.2 Å². The van der Waals surface area contributed by atoms with Crippen LogP contribution in [0.15, 0.2) is 30.3 Å². The van der Waals surface area contributed by atoms with Crippen LogP contribution in [0.2, 0.25) is 0 Å². The number of nitrogens with one attached hydrogen (secondary N) is 1. The third kappa shape index (κ3) is 5.05. The molecule has 6 nitrogen and oxygen atoms in total. The van der Waals surface area contributed by atoms with Gasteiger partial charge in [0.05, 0.1) is 5.69 Å². The van der Waals surface area contributed by atoms with Crippen molar-refractivity contribution < 1.29 is 27.1 Å². The lowest BCUT2D eigenvalue weighted by molar-refractivity contribution is -0.274. The topological polar surface area (TPSA) is 69.0 Å². The molecule has 0 bridgehead atoms. The lowest BCUT2D eigenvalue weighted by Gasteiger charge is -2.17. The molecule has 3 rings (SSSR count). The highest BCUT2D eigenvalue weighted by molar-refractivity contribution is 5.92. The van der Waals surface area contributed by atoms with Gasteiger partial charge in [0.15, 0.2) is 11.5 Å². The maximum absolute atomic E-state index is 14.8. The van der Waals surface area contributed by atoms with Gasteiger partial charge in [0, 0.05) is 18.2 Å². The number of pyridine rings is 1. The molecule has 1 amide bonds. The molecule has 0 spiro atoms. The first-order valence-electron chi connectivity index (χ1n) is 9.04. The molecule has 0 radical (unpaired) electrons. The minimum Gasteiger partial charge on any atom is -0.406 e. The summed E-state index contributed by atoms with van der Waals surface area (Å²) in [5.41, 5.74) is 0.841. The molecule has 0 saturated heterocycles. The molecule has 0 unspecified atom stereocenters. The van der Waals surface area contributed by atoms with Gasteiger partial charge in [-0.2, -0.15) is 0 Å². The average molecular weight is 424 g/mol. The number of aromatic nitrogens is 3. The Morgan fingerprint density at radius 2 is 1.83 bits per heavy atom. The Balaban J connectivity index is 2.09. The maximum atomic E-state index is 14.8. The molecule has 160 valence electrons. The molecule has 0 atom stereocenters. The maximum Gasteiger partial charge on any atom is 0.573 e. The first-order chi connectivity index (χ1) is 13.8. The van der Waals surface area contributed by atoms with Gasteiger partial charge in [-0.15, -0.1) is 13.2 Å². The van der Waals surface area contributed by atoms with Crippen LogP contribution >= 0.6 is 0 Å². The van der Waals surface area contributed by atoms with Crippen LogP contribution in [-0.2, 0) is 4.79 Å². The van der Waals surface area contributed by atoms with E-state index in [0.717, 1.165) is 12.1 Å². The van der Waals surface area contributed by atoms with Gasteiger partial charge in [-0.05, 0) is 36.6 Å². The molecular formula is C20H20F4N4O2. The summed E-state index contributed by atoms with van der Waals surface area (Å²) in [6, 6.07) is 6.07. The smallest absolute Gasteiger partial charge is 0.406 e. The van der Waals surface area contributed by atoms with Crippen LogP contribution in [0.4, 0.5) is 23.5 Å².